The second-order valence-corrected chi connectivity index (χ2v) is 6.04. The van der Waals surface area contributed by atoms with Crippen LogP contribution in [0.3, 0.4) is 0 Å². The molecule has 0 bridgehead atoms. The van der Waals surface area contributed by atoms with Gasteiger partial charge in [0.1, 0.15) is 5.82 Å². The maximum Gasteiger partial charge on any atom is 0.264 e. The zero-order chi connectivity index (χ0) is 15.7. The highest BCUT2D eigenvalue weighted by molar-refractivity contribution is 7.12. The van der Waals surface area contributed by atoms with E-state index in [2.05, 4.69) is 9.97 Å². The van der Waals surface area contributed by atoms with Gasteiger partial charge in [0.15, 0.2) is 0 Å². The molecular weight excluding hydrogens is 298 g/mol. The van der Waals surface area contributed by atoms with E-state index in [0.29, 0.717) is 21.6 Å². The summed E-state index contributed by atoms with van der Waals surface area (Å²) in [6.07, 6.45) is 0. The van der Waals surface area contributed by atoms with Crippen molar-refractivity contribution < 1.29 is 4.79 Å². The Morgan fingerprint density at radius 2 is 2.09 bits per heavy atom. The molecule has 0 atom stereocenters. The number of rotatable bonds is 3. The zero-order valence-corrected chi connectivity index (χ0v) is 13.1. The molecule has 3 rings (SSSR count). The predicted octanol–water partition coefficient (Wildman–Crippen LogP) is 2.57. The van der Waals surface area contributed by atoms with E-state index in [1.54, 1.807) is 30.1 Å². The molecule has 2 heterocycles. The molecule has 2 aromatic heterocycles. The maximum atomic E-state index is 12.4. The van der Waals surface area contributed by atoms with Crippen LogP contribution in [0.2, 0.25) is 0 Å². The van der Waals surface area contributed by atoms with E-state index in [1.807, 2.05) is 24.4 Å². The Bertz CT molecular complexity index is 898. The van der Waals surface area contributed by atoms with Crippen molar-refractivity contribution in [2.75, 3.05) is 7.05 Å². The van der Waals surface area contributed by atoms with Gasteiger partial charge in [0.2, 0.25) is 0 Å². The Balaban J connectivity index is 1.88. The monoisotopic (exact) mass is 313 g/mol. The molecule has 1 N–H and O–H groups in total. The van der Waals surface area contributed by atoms with E-state index in [9.17, 15) is 9.59 Å². The third kappa shape index (κ3) is 2.65. The number of aromatic amines is 1. The molecule has 0 saturated heterocycles. The smallest absolute Gasteiger partial charge is 0.264 e. The molecule has 0 aliphatic heterocycles. The highest BCUT2D eigenvalue weighted by Crippen LogP contribution is 2.18. The first-order chi connectivity index (χ1) is 10.6. The minimum atomic E-state index is -0.186. The fourth-order valence-corrected chi connectivity index (χ4v) is 3.19. The number of thiophene rings is 1. The average Bonchev–Trinajstić information content (AvgIpc) is 2.92. The molecule has 0 aliphatic carbocycles. The summed E-state index contributed by atoms with van der Waals surface area (Å²) in [6, 6.07) is 9.08. The van der Waals surface area contributed by atoms with Crippen LogP contribution in [0.5, 0.6) is 0 Å². The van der Waals surface area contributed by atoms with E-state index in [0.717, 1.165) is 5.56 Å². The first-order valence-corrected chi connectivity index (χ1v) is 7.71. The van der Waals surface area contributed by atoms with Crippen LogP contribution in [0.25, 0.3) is 10.9 Å². The molecule has 0 saturated carbocycles. The van der Waals surface area contributed by atoms with Crippen LogP contribution in [0.1, 0.15) is 21.1 Å². The summed E-state index contributed by atoms with van der Waals surface area (Å²) < 4.78 is 0. The molecule has 6 heteroatoms. The van der Waals surface area contributed by atoms with Gasteiger partial charge in [-0.2, -0.15) is 0 Å². The lowest BCUT2D eigenvalue weighted by atomic mass is 10.2. The van der Waals surface area contributed by atoms with Crippen molar-refractivity contribution in [2.24, 2.45) is 0 Å². The molecule has 112 valence electrons. The Morgan fingerprint density at radius 1 is 1.32 bits per heavy atom. The number of amides is 1. The van der Waals surface area contributed by atoms with Crippen molar-refractivity contribution in [1.29, 1.82) is 0 Å². The van der Waals surface area contributed by atoms with Gasteiger partial charge in [-0.05, 0) is 36.1 Å². The fraction of sp³-hybridized carbons (Fsp3) is 0.188. The Morgan fingerprint density at radius 3 is 2.82 bits per heavy atom. The van der Waals surface area contributed by atoms with Gasteiger partial charge >= 0.3 is 0 Å². The molecule has 1 aromatic carbocycles. The Kier molecular flexibility index (Phi) is 3.77. The lowest BCUT2D eigenvalue weighted by Crippen LogP contribution is -2.28. The summed E-state index contributed by atoms with van der Waals surface area (Å²) in [7, 11) is 1.71. The quantitative estimate of drug-likeness (QED) is 0.808. The fourth-order valence-electron chi connectivity index (χ4n) is 2.27. The third-order valence-corrected chi connectivity index (χ3v) is 4.46. The highest BCUT2D eigenvalue weighted by Gasteiger charge is 2.16. The molecule has 5 nitrogen and oxygen atoms in total. The normalized spacial score (nSPS) is 10.8. The average molecular weight is 313 g/mol. The minimum absolute atomic E-state index is 0.0664. The standard InChI is InChI=1S/C16H15N3O2S/c1-10-7-8-22-14(10)16(21)19(2)9-13-17-12-6-4-3-5-11(12)15(20)18-13/h3-8H,9H2,1-2H3,(H,17,18,20). The molecule has 0 unspecified atom stereocenters. The molecule has 1 amide bonds. The van der Waals surface area contributed by atoms with Gasteiger partial charge in [-0.15, -0.1) is 11.3 Å². The summed E-state index contributed by atoms with van der Waals surface area (Å²) in [6.45, 7) is 2.17. The van der Waals surface area contributed by atoms with E-state index in [4.69, 9.17) is 0 Å². The summed E-state index contributed by atoms with van der Waals surface area (Å²) >= 11 is 1.42. The number of fused-ring (bicyclic) bond motifs is 1. The SMILES string of the molecule is Cc1ccsc1C(=O)N(C)Cc1nc2ccccc2c(=O)[nH]1. The number of aromatic nitrogens is 2. The van der Waals surface area contributed by atoms with Crippen molar-refractivity contribution in [1.82, 2.24) is 14.9 Å². The third-order valence-electron chi connectivity index (χ3n) is 3.45. The highest BCUT2D eigenvalue weighted by atomic mass is 32.1. The lowest BCUT2D eigenvalue weighted by molar-refractivity contribution is 0.0785. The summed E-state index contributed by atoms with van der Waals surface area (Å²) in [4.78, 5) is 33.9. The second-order valence-electron chi connectivity index (χ2n) is 5.12. The van der Waals surface area contributed by atoms with Crippen LogP contribution in [-0.2, 0) is 6.54 Å². The van der Waals surface area contributed by atoms with Crippen LogP contribution in [0, 0.1) is 6.92 Å². The topological polar surface area (TPSA) is 66.1 Å². The summed E-state index contributed by atoms with van der Waals surface area (Å²) in [5, 5.41) is 2.45. The minimum Gasteiger partial charge on any atom is -0.334 e. The predicted molar refractivity (Wildman–Crippen MR) is 87.2 cm³/mol. The molecule has 0 radical (unpaired) electrons. The molecule has 0 spiro atoms. The summed E-state index contributed by atoms with van der Waals surface area (Å²) in [5.41, 5.74) is 1.41. The van der Waals surface area contributed by atoms with Crippen LogP contribution in [0.4, 0.5) is 0 Å². The largest absolute Gasteiger partial charge is 0.334 e. The second kappa shape index (κ2) is 5.73. The van der Waals surface area contributed by atoms with E-state index < -0.39 is 0 Å². The van der Waals surface area contributed by atoms with Crippen LogP contribution < -0.4 is 5.56 Å². The Labute approximate surface area is 131 Å². The van der Waals surface area contributed by atoms with Crippen molar-refractivity contribution in [2.45, 2.75) is 13.5 Å². The maximum absolute atomic E-state index is 12.4. The number of nitrogens with one attached hydrogen (secondary N) is 1. The zero-order valence-electron chi connectivity index (χ0n) is 12.3. The van der Waals surface area contributed by atoms with Crippen molar-refractivity contribution in [3.63, 3.8) is 0 Å². The van der Waals surface area contributed by atoms with Gasteiger partial charge in [0.05, 0.1) is 22.3 Å². The number of hydrogen-bond donors (Lipinski definition) is 1. The van der Waals surface area contributed by atoms with Crippen molar-refractivity contribution in [3.8, 4) is 0 Å². The van der Waals surface area contributed by atoms with Gasteiger partial charge in [0.25, 0.3) is 11.5 Å². The van der Waals surface area contributed by atoms with Crippen molar-refractivity contribution >= 4 is 28.1 Å². The number of carbonyl (C=O) groups excluding carboxylic acids is 1. The number of benzene rings is 1. The van der Waals surface area contributed by atoms with E-state index in [-0.39, 0.29) is 18.0 Å². The van der Waals surface area contributed by atoms with Crippen LogP contribution in [0.15, 0.2) is 40.5 Å². The number of para-hydroxylation sites is 1. The molecule has 22 heavy (non-hydrogen) atoms. The first-order valence-electron chi connectivity index (χ1n) is 6.84. The van der Waals surface area contributed by atoms with Gasteiger partial charge in [-0.1, -0.05) is 12.1 Å². The first kappa shape index (κ1) is 14.5. The van der Waals surface area contributed by atoms with Gasteiger partial charge in [-0.25, -0.2) is 4.98 Å². The molecule has 3 aromatic rings. The van der Waals surface area contributed by atoms with Gasteiger partial charge in [0, 0.05) is 7.05 Å². The summed E-state index contributed by atoms with van der Waals surface area (Å²) in [5.74, 6) is 0.414. The van der Waals surface area contributed by atoms with Crippen molar-refractivity contribution in [3.05, 3.63) is 62.3 Å². The number of aryl methyl sites for hydroxylation is 1. The lowest BCUT2D eigenvalue weighted by Gasteiger charge is -2.16. The molecule has 0 aliphatic rings. The number of H-pyrrole nitrogens is 1. The van der Waals surface area contributed by atoms with Crippen LogP contribution in [-0.4, -0.2) is 27.8 Å². The van der Waals surface area contributed by atoms with E-state index >= 15 is 0 Å². The molecular formula is C16H15N3O2S. The molecule has 0 fully saturated rings. The number of hydrogen-bond acceptors (Lipinski definition) is 4. The van der Waals surface area contributed by atoms with Gasteiger partial charge < -0.3 is 9.88 Å². The number of nitrogens with zero attached hydrogens (tertiary/aromatic N) is 2. The van der Waals surface area contributed by atoms with Crippen LogP contribution >= 0.6 is 11.3 Å². The number of carbonyl (C=O) groups is 1. The van der Waals surface area contributed by atoms with Gasteiger partial charge in [-0.3, -0.25) is 9.59 Å². The van der Waals surface area contributed by atoms with E-state index in [1.165, 1.54) is 11.3 Å². The Hall–Kier alpha value is -2.47.